The second-order valence-electron chi connectivity index (χ2n) is 9.02. The van der Waals surface area contributed by atoms with E-state index in [4.69, 9.17) is 30.5 Å². The average Bonchev–Trinajstić information content (AvgIpc) is 3.11. The number of rotatable bonds is 13. The average molecular weight is 639 g/mol. The summed E-state index contributed by atoms with van der Waals surface area (Å²) in [5.74, 6) is -0.190. The summed E-state index contributed by atoms with van der Waals surface area (Å²) < 4.78 is 88.5. The monoisotopic (exact) mass is 638 g/mol. The number of nitrogens with zero attached hydrogens (tertiary/aromatic N) is 1. The van der Waals surface area contributed by atoms with Gasteiger partial charge in [0.15, 0.2) is 0 Å². The first-order chi connectivity index (χ1) is 19.9. The molecule has 2 heterocycles. The van der Waals surface area contributed by atoms with E-state index in [0.29, 0.717) is 49.6 Å². The van der Waals surface area contributed by atoms with Crippen molar-refractivity contribution in [2.45, 2.75) is 44.3 Å². The molecule has 42 heavy (non-hydrogen) atoms. The first-order valence-corrected chi connectivity index (χ1v) is 14.6. The molecule has 1 aromatic carbocycles. The van der Waals surface area contributed by atoms with E-state index in [1.807, 2.05) is 0 Å². The Morgan fingerprint density at radius 2 is 1.98 bits per heavy atom. The van der Waals surface area contributed by atoms with Crippen molar-refractivity contribution in [3.05, 3.63) is 46.6 Å². The van der Waals surface area contributed by atoms with Gasteiger partial charge in [0, 0.05) is 25.9 Å². The zero-order chi connectivity index (χ0) is 30.8. The molecule has 0 spiro atoms. The number of aromatic nitrogens is 1. The normalized spacial score (nSPS) is 15.8. The molecule has 12 nitrogen and oxygen atoms in total. The van der Waals surface area contributed by atoms with Gasteiger partial charge in [-0.2, -0.15) is 26.3 Å². The molecule has 17 heteroatoms. The highest BCUT2D eigenvalue weighted by molar-refractivity contribution is 7.88. The van der Waals surface area contributed by atoms with Crippen molar-refractivity contribution in [3.63, 3.8) is 0 Å². The van der Waals surface area contributed by atoms with Gasteiger partial charge in [-0.05, 0) is 49.8 Å². The van der Waals surface area contributed by atoms with Crippen LogP contribution >= 0.6 is 11.6 Å². The van der Waals surface area contributed by atoms with Crippen LogP contribution in [0.2, 0.25) is 5.02 Å². The number of hydrogen-bond donors (Lipinski definition) is 3. The SMILES string of the molecule is COCCOc1ccc(CCCOC(=O)NS(=O)(=O)NC2CCCCNC2=O)c(Oc2ncc(C(F)(F)F)cc2Cl)c1. The molecule has 3 rings (SSSR count). The van der Waals surface area contributed by atoms with E-state index in [1.165, 1.54) is 13.2 Å². The van der Waals surface area contributed by atoms with E-state index in [1.54, 1.807) is 16.9 Å². The molecule has 0 aliphatic carbocycles. The van der Waals surface area contributed by atoms with E-state index >= 15 is 0 Å². The van der Waals surface area contributed by atoms with E-state index in [9.17, 15) is 31.2 Å². The number of alkyl halides is 3. The summed E-state index contributed by atoms with van der Waals surface area (Å²) in [6.45, 7) is 0.774. The van der Waals surface area contributed by atoms with Crippen LogP contribution < -0.4 is 24.2 Å². The number of pyridine rings is 1. The number of methoxy groups -OCH3 is 1. The molecule has 0 saturated carbocycles. The maximum Gasteiger partial charge on any atom is 0.421 e. The van der Waals surface area contributed by atoms with Gasteiger partial charge in [-0.15, -0.1) is 0 Å². The molecular formula is C25H30ClF3N4O8S. The van der Waals surface area contributed by atoms with Gasteiger partial charge in [0.1, 0.15) is 29.2 Å². The maximum atomic E-state index is 13.0. The summed E-state index contributed by atoms with van der Waals surface area (Å²) in [7, 11) is -2.86. The van der Waals surface area contributed by atoms with Gasteiger partial charge >= 0.3 is 22.5 Å². The lowest BCUT2D eigenvalue weighted by Gasteiger charge is -2.16. The summed E-state index contributed by atoms with van der Waals surface area (Å²) in [4.78, 5) is 27.7. The fraction of sp³-hybridized carbons (Fsp3) is 0.480. The van der Waals surface area contributed by atoms with Crippen LogP contribution in [-0.4, -0.2) is 64.9 Å². The van der Waals surface area contributed by atoms with Gasteiger partial charge in [0.25, 0.3) is 0 Å². The Bertz CT molecular complexity index is 1350. The predicted molar refractivity (Wildman–Crippen MR) is 144 cm³/mol. The van der Waals surface area contributed by atoms with E-state index in [-0.39, 0.29) is 49.1 Å². The van der Waals surface area contributed by atoms with Crippen LogP contribution in [0.1, 0.15) is 36.8 Å². The number of aryl methyl sites for hydroxylation is 1. The summed E-state index contributed by atoms with van der Waals surface area (Å²) in [6, 6.07) is 4.46. The quantitative estimate of drug-likeness (QED) is 0.278. The third-order valence-corrected chi connectivity index (χ3v) is 7.11. The van der Waals surface area contributed by atoms with Crippen molar-refractivity contribution >= 4 is 33.8 Å². The zero-order valence-electron chi connectivity index (χ0n) is 22.5. The van der Waals surface area contributed by atoms with Crippen molar-refractivity contribution in [2.24, 2.45) is 0 Å². The smallest absolute Gasteiger partial charge is 0.421 e. The number of carbonyl (C=O) groups is 2. The Labute approximate surface area is 245 Å². The van der Waals surface area contributed by atoms with Crippen LogP contribution in [0.5, 0.6) is 17.4 Å². The molecule has 1 atom stereocenters. The Kier molecular flexibility index (Phi) is 12.0. The summed E-state index contributed by atoms with van der Waals surface area (Å²) >= 11 is 6.00. The molecular weight excluding hydrogens is 609 g/mol. The minimum Gasteiger partial charge on any atom is -0.491 e. The molecule has 1 aliphatic heterocycles. The fourth-order valence-corrected chi connectivity index (χ4v) is 4.91. The Morgan fingerprint density at radius 1 is 1.19 bits per heavy atom. The van der Waals surface area contributed by atoms with Gasteiger partial charge in [0.2, 0.25) is 11.8 Å². The first kappa shape index (κ1) is 33.2. The fourth-order valence-electron chi connectivity index (χ4n) is 3.76. The van der Waals surface area contributed by atoms with Gasteiger partial charge in [-0.25, -0.2) is 14.5 Å². The van der Waals surface area contributed by atoms with Crippen LogP contribution in [0, 0.1) is 0 Å². The number of benzene rings is 1. The highest BCUT2D eigenvalue weighted by Crippen LogP contribution is 2.36. The lowest BCUT2D eigenvalue weighted by atomic mass is 10.1. The van der Waals surface area contributed by atoms with Crippen LogP contribution in [0.4, 0.5) is 18.0 Å². The molecule has 1 aliphatic rings. The van der Waals surface area contributed by atoms with Crippen molar-refractivity contribution in [3.8, 4) is 17.4 Å². The summed E-state index contributed by atoms with van der Waals surface area (Å²) in [6.07, 6.45) is -3.20. The highest BCUT2D eigenvalue weighted by atomic mass is 35.5. The second-order valence-corrected chi connectivity index (χ2v) is 10.9. The van der Waals surface area contributed by atoms with Gasteiger partial charge < -0.3 is 24.3 Å². The van der Waals surface area contributed by atoms with Gasteiger partial charge in [-0.3, -0.25) is 4.79 Å². The van der Waals surface area contributed by atoms with Crippen LogP contribution in [0.25, 0.3) is 0 Å². The molecule has 1 aromatic heterocycles. The lowest BCUT2D eigenvalue weighted by Crippen LogP contribution is -2.50. The Balaban J connectivity index is 1.60. The van der Waals surface area contributed by atoms with Gasteiger partial charge in [0.05, 0.1) is 18.8 Å². The number of halogens is 4. The number of nitrogens with one attached hydrogen (secondary N) is 3. The van der Waals surface area contributed by atoms with Crippen molar-refractivity contribution in [2.75, 3.05) is 33.5 Å². The van der Waals surface area contributed by atoms with Gasteiger partial charge in [-0.1, -0.05) is 17.7 Å². The number of ether oxygens (including phenoxy) is 4. The third kappa shape index (κ3) is 10.5. The molecule has 1 fully saturated rings. The minimum absolute atomic E-state index is 0.178. The number of carbonyl (C=O) groups excluding carboxylic acids is 2. The molecule has 0 radical (unpaired) electrons. The third-order valence-electron chi connectivity index (χ3n) is 5.81. The zero-order valence-corrected chi connectivity index (χ0v) is 24.0. The summed E-state index contributed by atoms with van der Waals surface area (Å²) in [5.41, 5.74) is -0.494. The highest BCUT2D eigenvalue weighted by Gasteiger charge is 2.32. The molecule has 1 unspecified atom stereocenters. The maximum absolute atomic E-state index is 13.0. The Morgan fingerprint density at radius 3 is 2.69 bits per heavy atom. The van der Waals surface area contributed by atoms with Crippen molar-refractivity contribution in [1.82, 2.24) is 19.7 Å². The number of hydrogen-bond acceptors (Lipinski definition) is 9. The topological polar surface area (TPSA) is 154 Å². The standard InChI is InChI=1S/C25H30ClF3N4O8S/c1-38-11-12-39-18-8-7-16(21(14-18)41-23-19(26)13-17(15-31-23)25(27,28)29)5-4-10-40-24(35)33-42(36,37)32-20-6-2-3-9-30-22(20)34/h7-8,13-15,20,32H,2-6,9-12H2,1H3,(H,30,34)(H,33,35). The van der Waals surface area contributed by atoms with E-state index < -0.39 is 40.0 Å². The van der Waals surface area contributed by atoms with E-state index in [2.05, 4.69) is 15.0 Å². The van der Waals surface area contributed by atoms with Crippen molar-refractivity contribution < 1.29 is 50.1 Å². The molecule has 3 N–H and O–H groups in total. The second kappa shape index (κ2) is 15.2. The predicted octanol–water partition coefficient (Wildman–Crippen LogP) is 3.73. The first-order valence-electron chi connectivity index (χ1n) is 12.8. The molecule has 2 amide bonds. The molecule has 232 valence electrons. The molecule has 1 saturated heterocycles. The number of amides is 2. The van der Waals surface area contributed by atoms with Crippen LogP contribution in [-0.2, 0) is 37.1 Å². The molecule has 2 aromatic rings. The Hall–Kier alpha value is -3.34. The summed E-state index contributed by atoms with van der Waals surface area (Å²) in [5, 5.41) is 2.22. The van der Waals surface area contributed by atoms with E-state index in [0.717, 1.165) is 0 Å². The minimum atomic E-state index is -4.64. The van der Waals surface area contributed by atoms with Crippen LogP contribution in [0.3, 0.4) is 0 Å². The largest absolute Gasteiger partial charge is 0.491 e. The van der Waals surface area contributed by atoms with Crippen LogP contribution in [0.15, 0.2) is 30.5 Å². The lowest BCUT2D eigenvalue weighted by molar-refractivity contribution is -0.137. The van der Waals surface area contributed by atoms with Crippen molar-refractivity contribution in [1.29, 1.82) is 0 Å². The molecule has 0 bridgehead atoms.